The molecule has 0 saturated carbocycles. The Hall–Kier alpha value is -2.13. The van der Waals surface area contributed by atoms with E-state index in [1.807, 2.05) is 29.7 Å². The summed E-state index contributed by atoms with van der Waals surface area (Å²) in [6, 6.07) is 3.47. The number of urea groups is 1. The van der Waals surface area contributed by atoms with E-state index in [0.717, 1.165) is 4.88 Å². The minimum atomic E-state index is -0.500. The van der Waals surface area contributed by atoms with Crippen LogP contribution in [0.4, 0.5) is 4.79 Å². The van der Waals surface area contributed by atoms with E-state index in [0.29, 0.717) is 17.5 Å². The molecule has 1 atom stereocenters. The first kappa shape index (κ1) is 17.2. The van der Waals surface area contributed by atoms with Gasteiger partial charge < -0.3 is 5.32 Å². The lowest BCUT2D eigenvalue weighted by molar-refractivity contribution is -0.119. The summed E-state index contributed by atoms with van der Waals surface area (Å²) >= 11 is 2.81. The number of hydrogen-bond donors (Lipinski definition) is 3. The molecule has 2 aromatic heterocycles. The summed E-state index contributed by atoms with van der Waals surface area (Å²) in [5.74, 6) is 0.221. The molecular formula is C14H17N5O2S2. The van der Waals surface area contributed by atoms with E-state index in [-0.39, 0.29) is 5.91 Å². The number of aromatic amines is 1. The maximum absolute atomic E-state index is 11.8. The fourth-order valence-electron chi connectivity index (χ4n) is 1.56. The Morgan fingerprint density at radius 1 is 1.48 bits per heavy atom. The highest BCUT2D eigenvalue weighted by Crippen LogP contribution is 2.20. The van der Waals surface area contributed by atoms with Gasteiger partial charge in [0.05, 0.1) is 5.25 Å². The zero-order valence-corrected chi connectivity index (χ0v) is 14.3. The molecule has 1 unspecified atom stereocenters. The van der Waals surface area contributed by atoms with Crippen LogP contribution in [0.25, 0.3) is 12.2 Å². The summed E-state index contributed by atoms with van der Waals surface area (Å²) in [6.07, 6.45) is 3.76. The molecule has 0 spiro atoms. The first-order valence-electron chi connectivity index (χ1n) is 6.98. The standard InChI is InChI=1S/C14H17N5O2S2/c1-3-15-13(21)17-12(20)9(2)23-14-16-11(18-19-14)7-6-10-5-4-8-22-10/h4-9H,3H2,1-2H3,(H,16,18,19)(H2,15,17,20,21)/b7-6+. The second kappa shape index (κ2) is 8.49. The van der Waals surface area contributed by atoms with Gasteiger partial charge in [0.1, 0.15) is 5.82 Å². The second-order valence-electron chi connectivity index (χ2n) is 4.46. The number of aromatic nitrogens is 3. The number of carbonyl (C=O) groups is 2. The normalized spacial score (nSPS) is 12.3. The smallest absolute Gasteiger partial charge is 0.321 e. The number of rotatable bonds is 6. The van der Waals surface area contributed by atoms with E-state index in [9.17, 15) is 9.59 Å². The number of thiophene rings is 1. The second-order valence-corrected chi connectivity index (χ2v) is 6.75. The molecule has 122 valence electrons. The lowest BCUT2D eigenvalue weighted by atomic mass is 10.4. The van der Waals surface area contributed by atoms with E-state index in [2.05, 4.69) is 25.8 Å². The van der Waals surface area contributed by atoms with Gasteiger partial charge in [0.25, 0.3) is 0 Å². The molecule has 7 nitrogen and oxygen atoms in total. The average molecular weight is 351 g/mol. The van der Waals surface area contributed by atoms with Gasteiger partial charge in [-0.1, -0.05) is 17.8 Å². The molecule has 2 heterocycles. The summed E-state index contributed by atoms with van der Waals surface area (Å²) in [5, 5.41) is 13.6. The van der Waals surface area contributed by atoms with E-state index in [1.54, 1.807) is 25.2 Å². The minimum Gasteiger partial charge on any atom is -0.338 e. The van der Waals surface area contributed by atoms with E-state index >= 15 is 0 Å². The Morgan fingerprint density at radius 2 is 2.30 bits per heavy atom. The van der Waals surface area contributed by atoms with Crippen molar-refractivity contribution in [3.05, 3.63) is 28.2 Å². The van der Waals surface area contributed by atoms with Gasteiger partial charge in [-0.15, -0.1) is 16.4 Å². The molecule has 0 aliphatic rings. The molecule has 23 heavy (non-hydrogen) atoms. The fourth-order valence-corrected chi connectivity index (χ4v) is 2.91. The Balaban J connectivity index is 1.88. The minimum absolute atomic E-state index is 0.388. The third kappa shape index (κ3) is 5.53. The van der Waals surface area contributed by atoms with Crippen LogP contribution in [0, 0.1) is 0 Å². The highest BCUT2D eigenvalue weighted by atomic mass is 32.2. The first-order valence-corrected chi connectivity index (χ1v) is 8.73. The molecular weight excluding hydrogens is 334 g/mol. The van der Waals surface area contributed by atoms with Crippen LogP contribution in [0.3, 0.4) is 0 Å². The predicted octanol–water partition coefficient (Wildman–Crippen LogP) is 2.36. The number of thioether (sulfide) groups is 1. The largest absolute Gasteiger partial charge is 0.338 e. The Morgan fingerprint density at radius 3 is 3.00 bits per heavy atom. The quantitative estimate of drug-likeness (QED) is 0.694. The van der Waals surface area contributed by atoms with Crippen molar-refractivity contribution in [2.75, 3.05) is 6.54 Å². The Labute approximate surface area is 142 Å². The number of hydrogen-bond acceptors (Lipinski definition) is 6. The number of imide groups is 1. The molecule has 3 amide bonds. The molecule has 0 radical (unpaired) electrons. The molecule has 0 saturated heterocycles. The topological polar surface area (TPSA) is 99.8 Å². The van der Waals surface area contributed by atoms with Crippen LogP contribution in [-0.4, -0.2) is 38.9 Å². The summed E-state index contributed by atoms with van der Waals surface area (Å²) < 4.78 is 0. The van der Waals surface area contributed by atoms with Gasteiger partial charge in [0.2, 0.25) is 11.1 Å². The molecule has 0 aliphatic carbocycles. The van der Waals surface area contributed by atoms with E-state index in [1.165, 1.54) is 11.8 Å². The fraction of sp³-hybridized carbons (Fsp3) is 0.286. The zero-order chi connectivity index (χ0) is 16.7. The molecule has 3 N–H and O–H groups in total. The van der Waals surface area contributed by atoms with Crippen molar-refractivity contribution >= 4 is 47.2 Å². The number of carbonyl (C=O) groups excluding carboxylic acids is 2. The van der Waals surface area contributed by atoms with Crippen molar-refractivity contribution in [1.29, 1.82) is 0 Å². The molecule has 0 bridgehead atoms. The number of nitrogens with zero attached hydrogens (tertiary/aromatic N) is 2. The number of H-pyrrole nitrogens is 1. The number of amides is 3. The highest BCUT2D eigenvalue weighted by molar-refractivity contribution is 8.00. The van der Waals surface area contributed by atoms with Crippen LogP contribution < -0.4 is 10.6 Å². The van der Waals surface area contributed by atoms with Gasteiger partial charge >= 0.3 is 6.03 Å². The zero-order valence-electron chi connectivity index (χ0n) is 12.7. The van der Waals surface area contributed by atoms with Crippen LogP contribution >= 0.6 is 23.1 Å². The van der Waals surface area contributed by atoms with Crippen LogP contribution in [0.15, 0.2) is 22.7 Å². The van der Waals surface area contributed by atoms with Gasteiger partial charge in [-0.2, -0.15) is 0 Å². The predicted molar refractivity (Wildman–Crippen MR) is 92.2 cm³/mol. The van der Waals surface area contributed by atoms with Crippen molar-refractivity contribution in [3.8, 4) is 0 Å². The van der Waals surface area contributed by atoms with Gasteiger partial charge in [-0.25, -0.2) is 9.78 Å². The Kier molecular flexibility index (Phi) is 6.36. The summed E-state index contributed by atoms with van der Waals surface area (Å²) in [4.78, 5) is 28.6. The maximum Gasteiger partial charge on any atom is 0.321 e. The molecule has 0 aliphatic heterocycles. The monoisotopic (exact) mass is 351 g/mol. The van der Waals surface area contributed by atoms with Gasteiger partial charge in [0, 0.05) is 11.4 Å². The molecule has 0 aromatic carbocycles. The van der Waals surface area contributed by atoms with Gasteiger partial charge in [-0.3, -0.25) is 15.2 Å². The SMILES string of the molecule is CCNC(=O)NC(=O)C(C)Sc1n[nH]c(/C=C/c2cccs2)n1. The summed E-state index contributed by atoms with van der Waals surface area (Å²) in [6.45, 7) is 3.93. The van der Waals surface area contributed by atoms with Crippen molar-refractivity contribution in [2.24, 2.45) is 0 Å². The van der Waals surface area contributed by atoms with Crippen molar-refractivity contribution < 1.29 is 9.59 Å². The molecule has 2 rings (SSSR count). The summed E-state index contributed by atoms with van der Waals surface area (Å²) in [7, 11) is 0. The van der Waals surface area contributed by atoms with Crippen LogP contribution in [-0.2, 0) is 4.79 Å². The van der Waals surface area contributed by atoms with Gasteiger partial charge in [0.15, 0.2) is 0 Å². The first-order chi connectivity index (χ1) is 11.1. The third-order valence-corrected chi connectivity index (χ3v) is 4.45. The highest BCUT2D eigenvalue weighted by Gasteiger charge is 2.18. The Bertz CT molecular complexity index is 681. The van der Waals surface area contributed by atoms with E-state index in [4.69, 9.17) is 0 Å². The lowest BCUT2D eigenvalue weighted by Gasteiger charge is -2.09. The molecule has 0 fully saturated rings. The van der Waals surface area contributed by atoms with Crippen molar-refractivity contribution in [3.63, 3.8) is 0 Å². The van der Waals surface area contributed by atoms with Gasteiger partial charge in [-0.05, 0) is 37.4 Å². The molecule has 2 aromatic rings. The number of nitrogens with one attached hydrogen (secondary N) is 3. The summed E-state index contributed by atoms with van der Waals surface area (Å²) in [5.41, 5.74) is 0. The average Bonchev–Trinajstić information content (AvgIpc) is 3.16. The van der Waals surface area contributed by atoms with Crippen molar-refractivity contribution in [1.82, 2.24) is 25.8 Å². The van der Waals surface area contributed by atoms with E-state index < -0.39 is 11.3 Å². The maximum atomic E-state index is 11.8. The van der Waals surface area contributed by atoms with Crippen LogP contribution in [0.5, 0.6) is 0 Å². The van der Waals surface area contributed by atoms with Crippen molar-refractivity contribution in [2.45, 2.75) is 24.3 Å². The van der Waals surface area contributed by atoms with Crippen LogP contribution in [0.1, 0.15) is 24.5 Å². The van der Waals surface area contributed by atoms with Crippen LogP contribution in [0.2, 0.25) is 0 Å². The molecule has 9 heteroatoms. The third-order valence-electron chi connectivity index (χ3n) is 2.66. The lowest BCUT2D eigenvalue weighted by Crippen LogP contribution is -2.42.